The van der Waals surface area contributed by atoms with Gasteiger partial charge in [0.1, 0.15) is 10.4 Å². The highest BCUT2D eigenvalue weighted by molar-refractivity contribution is 8.39. The van der Waals surface area contributed by atoms with Crippen molar-refractivity contribution >= 4 is 45.2 Å². The zero-order valence-electron chi connectivity index (χ0n) is 13.0. The van der Waals surface area contributed by atoms with Gasteiger partial charge in [-0.1, -0.05) is 53.9 Å². The molecule has 0 spiro atoms. The van der Waals surface area contributed by atoms with E-state index in [1.54, 1.807) is 36.0 Å². The molecule has 24 heavy (non-hydrogen) atoms. The summed E-state index contributed by atoms with van der Waals surface area (Å²) in [5.41, 5.74) is 3.19. The summed E-state index contributed by atoms with van der Waals surface area (Å²) in [6.07, 6.45) is 0. The molecule has 6 heteroatoms. The summed E-state index contributed by atoms with van der Waals surface area (Å²) in [7, 11) is 0. The van der Waals surface area contributed by atoms with Crippen LogP contribution >= 0.6 is 23.5 Å². The predicted molar refractivity (Wildman–Crippen MR) is 102 cm³/mol. The Kier molecular flexibility index (Phi) is 5.24. The third kappa shape index (κ3) is 3.81. The van der Waals surface area contributed by atoms with E-state index in [0.717, 1.165) is 15.8 Å². The fraction of sp³-hybridized carbons (Fsp3) is 0.167. The van der Waals surface area contributed by atoms with E-state index in [1.165, 1.54) is 17.3 Å². The molecule has 2 aromatic carbocycles. The summed E-state index contributed by atoms with van der Waals surface area (Å²) in [6, 6.07) is 17.1. The van der Waals surface area contributed by atoms with Gasteiger partial charge in [0.25, 0.3) is 0 Å². The van der Waals surface area contributed by atoms with Crippen molar-refractivity contribution in [3.8, 4) is 6.07 Å². The molecule has 0 fully saturated rings. The highest BCUT2D eigenvalue weighted by Gasteiger charge is 2.20. The number of nitrogens with one attached hydrogen (secondary N) is 1. The van der Waals surface area contributed by atoms with Crippen molar-refractivity contribution in [2.75, 3.05) is 5.32 Å². The lowest BCUT2D eigenvalue weighted by Gasteiger charge is -2.17. The van der Waals surface area contributed by atoms with Crippen molar-refractivity contribution < 1.29 is 4.79 Å². The summed E-state index contributed by atoms with van der Waals surface area (Å²) in [5, 5.41) is 11.6. The number of hydrogen-bond donors (Lipinski definition) is 1. The minimum Gasteiger partial charge on any atom is -0.324 e. The summed E-state index contributed by atoms with van der Waals surface area (Å²) < 4.78 is 0.893. The van der Waals surface area contributed by atoms with E-state index in [1.807, 2.05) is 25.1 Å². The van der Waals surface area contributed by atoms with Gasteiger partial charge >= 0.3 is 0 Å². The topological polar surface area (TPSA) is 65.2 Å². The Bertz CT molecular complexity index is 842. The summed E-state index contributed by atoms with van der Waals surface area (Å²) in [5.74, 6) is 0.734. The predicted octanol–water partition coefficient (Wildman–Crippen LogP) is 4.55. The number of amides is 1. The normalized spacial score (nSPS) is 14.1. The Hall–Kier alpha value is -2.23. The molecular formula is C18H15N3OS2. The Morgan fingerprint density at radius 1 is 1.29 bits per heavy atom. The lowest BCUT2D eigenvalue weighted by molar-refractivity contribution is -0.115. The molecule has 4 nitrogen and oxygen atoms in total. The number of thioether (sulfide) groups is 2. The molecule has 0 aliphatic carbocycles. The lowest BCUT2D eigenvalue weighted by atomic mass is 10.2. The van der Waals surface area contributed by atoms with E-state index in [4.69, 9.17) is 5.26 Å². The van der Waals surface area contributed by atoms with Crippen LogP contribution in [0, 0.1) is 11.3 Å². The monoisotopic (exact) mass is 353 g/mol. The van der Waals surface area contributed by atoms with Gasteiger partial charge in [-0.15, -0.1) is 0 Å². The Morgan fingerprint density at radius 3 is 2.88 bits per heavy atom. The second kappa shape index (κ2) is 7.56. The first-order chi connectivity index (χ1) is 11.7. The number of hydrogen-bond acceptors (Lipinski definition) is 5. The quantitative estimate of drug-likeness (QED) is 0.879. The van der Waals surface area contributed by atoms with Crippen LogP contribution in [-0.4, -0.2) is 15.5 Å². The third-order valence-corrected chi connectivity index (χ3v) is 5.80. The van der Waals surface area contributed by atoms with Crippen LogP contribution in [0.2, 0.25) is 0 Å². The zero-order valence-corrected chi connectivity index (χ0v) is 14.7. The largest absolute Gasteiger partial charge is 0.324 e. The molecule has 0 aromatic heterocycles. The van der Waals surface area contributed by atoms with Gasteiger partial charge in [0.05, 0.1) is 22.2 Å². The van der Waals surface area contributed by atoms with Gasteiger partial charge in [-0.05, 0) is 30.7 Å². The summed E-state index contributed by atoms with van der Waals surface area (Å²) >= 11 is 3.09. The number of benzene rings is 2. The molecule has 0 bridgehead atoms. The van der Waals surface area contributed by atoms with Crippen LogP contribution < -0.4 is 5.32 Å². The summed E-state index contributed by atoms with van der Waals surface area (Å²) in [6.45, 7) is 1.85. The number of anilines is 1. The van der Waals surface area contributed by atoms with Crippen LogP contribution in [0.4, 0.5) is 11.4 Å². The summed E-state index contributed by atoms with van der Waals surface area (Å²) in [4.78, 5) is 17.0. The first-order valence-electron chi connectivity index (χ1n) is 7.43. The highest BCUT2D eigenvalue weighted by atomic mass is 32.2. The number of fused-ring (bicyclic) bond motifs is 1. The molecule has 1 unspecified atom stereocenters. The first-order valence-corrected chi connectivity index (χ1v) is 9.30. The molecular weight excluding hydrogens is 338 g/mol. The molecule has 0 radical (unpaired) electrons. The molecule has 1 amide bonds. The second-order valence-electron chi connectivity index (χ2n) is 5.20. The molecule has 3 rings (SSSR count). The van der Waals surface area contributed by atoms with E-state index >= 15 is 0 Å². The van der Waals surface area contributed by atoms with Crippen LogP contribution in [-0.2, 0) is 10.5 Å². The minimum atomic E-state index is -0.298. The molecule has 1 aliphatic heterocycles. The minimum absolute atomic E-state index is 0.134. The van der Waals surface area contributed by atoms with Crippen LogP contribution in [0.25, 0.3) is 0 Å². The van der Waals surface area contributed by atoms with E-state index in [-0.39, 0.29) is 11.2 Å². The Labute approximate surface area is 149 Å². The van der Waals surface area contributed by atoms with Crippen molar-refractivity contribution in [2.24, 2.45) is 4.99 Å². The van der Waals surface area contributed by atoms with Crippen LogP contribution in [0.15, 0.2) is 53.5 Å². The van der Waals surface area contributed by atoms with E-state index < -0.39 is 0 Å². The van der Waals surface area contributed by atoms with Gasteiger partial charge in [-0.2, -0.15) is 5.26 Å². The number of nitriles is 1. The third-order valence-electron chi connectivity index (χ3n) is 3.51. The number of carbonyl (C=O) groups excluding carboxylic acids is 1. The molecule has 1 aliphatic rings. The van der Waals surface area contributed by atoms with Crippen molar-refractivity contribution in [1.29, 1.82) is 5.26 Å². The number of rotatable bonds is 3. The number of carbonyl (C=O) groups is 1. The van der Waals surface area contributed by atoms with Crippen molar-refractivity contribution in [1.82, 2.24) is 0 Å². The number of para-hydroxylation sites is 2. The van der Waals surface area contributed by atoms with Crippen LogP contribution in [0.5, 0.6) is 0 Å². The Balaban J connectivity index is 1.67. The fourth-order valence-corrected chi connectivity index (χ4v) is 4.39. The molecule has 1 heterocycles. The molecule has 0 saturated carbocycles. The average Bonchev–Trinajstić information content (AvgIpc) is 2.62. The number of aliphatic imine (C=N–C) groups is 1. The fourth-order valence-electron chi connectivity index (χ4n) is 2.20. The van der Waals surface area contributed by atoms with Gasteiger partial charge < -0.3 is 5.32 Å². The van der Waals surface area contributed by atoms with Gasteiger partial charge in [0.15, 0.2) is 0 Å². The molecule has 2 aromatic rings. The van der Waals surface area contributed by atoms with Gasteiger partial charge in [0.2, 0.25) is 5.91 Å². The van der Waals surface area contributed by atoms with Gasteiger partial charge in [-0.3, -0.25) is 4.79 Å². The van der Waals surface area contributed by atoms with Crippen LogP contribution in [0.3, 0.4) is 0 Å². The van der Waals surface area contributed by atoms with E-state index in [9.17, 15) is 4.79 Å². The molecule has 1 atom stereocenters. The standard InChI is InChI=1S/C18H15N3OS2/c1-12(17(22)20-15-8-4-2-6-13(15)10-19)24-18-21-16-9-5-3-7-14(16)11-23-18/h2-9,12H,11H2,1H3,(H,20,22). The Morgan fingerprint density at radius 2 is 2.04 bits per heavy atom. The maximum absolute atomic E-state index is 12.4. The van der Waals surface area contributed by atoms with Gasteiger partial charge in [-0.25, -0.2) is 4.99 Å². The van der Waals surface area contributed by atoms with E-state index in [0.29, 0.717) is 11.3 Å². The zero-order chi connectivity index (χ0) is 16.9. The van der Waals surface area contributed by atoms with Crippen molar-refractivity contribution in [3.05, 3.63) is 59.7 Å². The first kappa shape index (κ1) is 16.6. The van der Waals surface area contributed by atoms with Gasteiger partial charge in [0, 0.05) is 5.75 Å². The maximum atomic E-state index is 12.4. The highest BCUT2D eigenvalue weighted by Crippen LogP contribution is 2.36. The van der Waals surface area contributed by atoms with Crippen molar-refractivity contribution in [2.45, 2.75) is 17.9 Å². The molecule has 120 valence electrons. The lowest BCUT2D eigenvalue weighted by Crippen LogP contribution is -2.24. The molecule has 0 saturated heterocycles. The van der Waals surface area contributed by atoms with E-state index in [2.05, 4.69) is 22.4 Å². The SMILES string of the molecule is CC(SC1=Nc2ccccc2CS1)C(=O)Nc1ccccc1C#N. The van der Waals surface area contributed by atoms with Crippen molar-refractivity contribution in [3.63, 3.8) is 0 Å². The maximum Gasteiger partial charge on any atom is 0.237 e. The number of nitrogens with zero attached hydrogens (tertiary/aromatic N) is 2. The second-order valence-corrected chi connectivity index (χ2v) is 7.75. The average molecular weight is 353 g/mol. The van der Waals surface area contributed by atoms with Crippen LogP contribution in [0.1, 0.15) is 18.1 Å². The molecule has 1 N–H and O–H groups in total. The smallest absolute Gasteiger partial charge is 0.237 e.